The molecule has 0 amide bonds. The Kier molecular flexibility index (Phi) is 3.53. The number of halogens is 2. The van der Waals surface area contributed by atoms with Crippen LogP contribution in [0.15, 0.2) is 0 Å². The second-order valence-corrected chi connectivity index (χ2v) is 2.72. The Morgan fingerprint density at radius 2 is 2.18 bits per heavy atom. The average molecular weight is 187 g/mol. The van der Waals surface area contributed by atoms with Crippen LogP contribution < -0.4 is 0 Å². The fourth-order valence-corrected chi connectivity index (χ4v) is 0.389. The van der Waals surface area contributed by atoms with E-state index in [0.29, 0.717) is 0 Å². The topological polar surface area (TPSA) is 66.4 Å². The fourth-order valence-electron chi connectivity index (χ4n) is 0.234. The highest BCUT2D eigenvalue weighted by Gasteiger charge is 2.31. The molecule has 0 fully saturated rings. The summed E-state index contributed by atoms with van der Waals surface area (Å²) in [6.07, 6.45) is 0. The van der Waals surface area contributed by atoms with Gasteiger partial charge in [-0.15, -0.1) is 0 Å². The number of hydrogen-bond donors (Lipinski definition) is 0. The molecule has 0 spiro atoms. The summed E-state index contributed by atoms with van der Waals surface area (Å²) in [5.41, 5.74) is 0. The van der Waals surface area contributed by atoms with Crippen LogP contribution in [-0.4, -0.2) is 26.6 Å². The first kappa shape index (κ1) is 10.4. The molecule has 0 aromatic rings. The van der Waals surface area contributed by atoms with Crippen molar-refractivity contribution >= 4 is 17.0 Å². The smallest absolute Gasteiger partial charge is 0.342 e. The standard InChI is InChI=1S/C4H6F2O4S/c1-3(7)10-2-4(5,6)11(8)9/h2H2,1H3,(H,8,9)/p-1. The number of carbonyl (C=O) groups is 1. The third kappa shape index (κ3) is 3.99. The van der Waals surface area contributed by atoms with Gasteiger partial charge in [0.25, 0.3) is 0 Å². The molecule has 0 bridgehead atoms. The molecule has 0 saturated carbocycles. The predicted molar refractivity (Wildman–Crippen MR) is 30.5 cm³/mol. The number of alkyl halides is 2. The molecule has 0 heterocycles. The van der Waals surface area contributed by atoms with Crippen molar-refractivity contribution < 1.29 is 27.1 Å². The summed E-state index contributed by atoms with van der Waals surface area (Å²) < 4.78 is 47.2. The summed E-state index contributed by atoms with van der Waals surface area (Å²) >= 11 is -3.55. The zero-order valence-electron chi connectivity index (χ0n) is 5.50. The number of rotatable bonds is 3. The van der Waals surface area contributed by atoms with Crippen LogP contribution in [0.3, 0.4) is 0 Å². The summed E-state index contributed by atoms with van der Waals surface area (Å²) in [5, 5.41) is -3.99. The molecule has 0 aromatic carbocycles. The summed E-state index contributed by atoms with van der Waals surface area (Å²) in [6, 6.07) is 0. The highest BCUT2D eigenvalue weighted by Crippen LogP contribution is 2.16. The zero-order chi connectivity index (χ0) is 9.07. The minimum absolute atomic E-state index is 0.907. The molecule has 1 atom stereocenters. The molecule has 0 saturated heterocycles. The normalized spacial score (nSPS) is 14.2. The maximum absolute atomic E-state index is 12.0. The summed E-state index contributed by atoms with van der Waals surface area (Å²) in [4.78, 5) is 9.96. The van der Waals surface area contributed by atoms with Crippen molar-refractivity contribution in [1.82, 2.24) is 0 Å². The number of esters is 1. The molecule has 0 rings (SSSR count). The van der Waals surface area contributed by atoms with Gasteiger partial charge >= 0.3 is 11.2 Å². The van der Waals surface area contributed by atoms with Crippen molar-refractivity contribution in [2.75, 3.05) is 6.61 Å². The van der Waals surface area contributed by atoms with Gasteiger partial charge in [-0.25, -0.2) is 0 Å². The van der Waals surface area contributed by atoms with E-state index in [1.54, 1.807) is 0 Å². The van der Waals surface area contributed by atoms with Gasteiger partial charge in [0.1, 0.15) is 0 Å². The minimum atomic E-state index is -3.99. The second-order valence-electron chi connectivity index (χ2n) is 1.65. The summed E-state index contributed by atoms with van der Waals surface area (Å²) in [5.74, 6) is -0.949. The largest absolute Gasteiger partial charge is 0.768 e. The van der Waals surface area contributed by atoms with Gasteiger partial charge in [0, 0.05) is 18.0 Å². The Morgan fingerprint density at radius 1 is 1.73 bits per heavy atom. The van der Waals surface area contributed by atoms with Crippen molar-refractivity contribution in [3.8, 4) is 0 Å². The van der Waals surface area contributed by atoms with Gasteiger partial charge in [-0.2, -0.15) is 8.78 Å². The molecular weight excluding hydrogens is 182 g/mol. The maximum Gasteiger partial charge on any atom is 0.342 e. The number of hydrogen-bond acceptors (Lipinski definition) is 4. The predicted octanol–water partition coefficient (Wildman–Crippen LogP) is 0.0214. The summed E-state index contributed by atoms with van der Waals surface area (Å²) in [7, 11) is 0. The van der Waals surface area contributed by atoms with E-state index >= 15 is 0 Å². The molecule has 4 nitrogen and oxygen atoms in total. The van der Waals surface area contributed by atoms with Crippen molar-refractivity contribution in [2.24, 2.45) is 0 Å². The van der Waals surface area contributed by atoms with Crippen LogP contribution in [-0.2, 0) is 20.6 Å². The molecule has 0 N–H and O–H groups in total. The van der Waals surface area contributed by atoms with E-state index in [-0.39, 0.29) is 0 Å². The summed E-state index contributed by atoms with van der Waals surface area (Å²) in [6.45, 7) is -0.526. The van der Waals surface area contributed by atoms with Crippen LogP contribution in [0.5, 0.6) is 0 Å². The van der Waals surface area contributed by atoms with Gasteiger partial charge in [-0.1, -0.05) is 0 Å². The van der Waals surface area contributed by atoms with Crippen molar-refractivity contribution in [2.45, 2.75) is 12.2 Å². The van der Waals surface area contributed by atoms with Gasteiger partial charge < -0.3 is 9.29 Å². The van der Waals surface area contributed by atoms with E-state index in [1.165, 1.54) is 0 Å². The van der Waals surface area contributed by atoms with Crippen LogP contribution in [0.2, 0.25) is 0 Å². The maximum atomic E-state index is 12.0. The third-order valence-electron chi connectivity index (χ3n) is 0.687. The quantitative estimate of drug-likeness (QED) is 0.461. The lowest BCUT2D eigenvalue weighted by Crippen LogP contribution is -2.30. The fraction of sp³-hybridized carbons (Fsp3) is 0.750. The molecule has 1 unspecified atom stereocenters. The highest BCUT2D eigenvalue weighted by atomic mass is 32.2. The molecule has 0 aromatic heterocycles. The van der Waals surface area contributed by atoms with Crippen LogP contribution in [0.1, 0.15) is 6.92 Å². The minimum Gasteiger partial charge on any atom is -0.768 e. The highest BCUT2D eigenvalue weighted by molar-refractivity contribution is 7.80. The Balaban J connectivity index is 3.92. The molecule has 11 heavy (non-hydrogen) atoms. The van der Waals surface area contributed by atoms with E-state index in [0.717, 1.165) is 6.92 Å². The van der Waals surface area contributed by atoms with Crippen LogP contribution in [0, 0.1) is 0 Å². The zero-order valence-corrected chi connectivity index (χ0v) is 6.32. The molecule has 0 aliphatic carbocycles. The second kappa shape index (κ2) is 3.72. The SMILES string of the molecule is CC(=O)OCC(F)(F)S(=O)[O-]. The van der Waals surface area contributed by atoms with Crippen LogP contribution in [0.4, 0.5) is 8.78 Å². The first-order valence-electron chi connectivity index (χ1n) is 2.47. The Morgan fingerprint density at radius 3 is 2.45 bits per heavy atom. The molecule has 0 radical (unpaired) electrons. The molecular formula is C4H5F2O4S-. The number of ether oxygens (including phenoxy) is 1. The lowest BCUT2D eigenvalue weighted by molar-refractivity contribution is -0.146. The van der Waals surface area contributed by atoms with Crippen molar-refractivity contribution in [3.63, 3.8) is 0 Å². The van der Waals surface area contributed by atoms with E-state index < -0.39 is 28.9 Å². The monoisotopic (exact) mass is 187 g/mol. The van der Waals surface area contributed by atoms with Gasteiger partial charge in [0.2, 0.25) is 0 Å². The van der Waals surface area contributed by atoms with Gasteiger partial charge in [-0.3, -0.25) is 9.00 Å². The van der Waals surface area contributed by atoms with E-state index in [1.807, 2.05) is 0 Å². The van der Waals surface area contributed by atoms with Crippen molar-refractivity contribution in [1.29, 1.82) is 0 Å². The Bertz CT molecular complexity index is 181. The van der Waals surface area contributed by atoms with Crippen LogP contribution >= 0.6 is 0 Å². The van der Waals surface area contributed by atoms with Crippen molar-refractivity contribution in [3.05, 3.63) is 0 Å². The third-order valence-corrected chi connectivity index (χ3v) is 1.29. The molecule has 7 heteroatoms. The van der Waals surface area contributed by atoms with Gasteiger partial charge in [0.15, 0.2) is 6.61 Å². The molecule has 0 aliphatic heterocycles. The number of carbonyl (C=O) groups excluding carboxylic acids is 1. The lowest BCUT2D eigenvalue weighted by Gasteiger charge is -2.17. The van der Waals surface area contributed by atoms with Crippen LogP contribution in [0.25, 0.3) is 0 Å². The first-order valence-corrected chi connectivity index (χ1v) is 3.54. The van der Waals surface area contributed by atoms with E-state index in [9.17, 15) is 22.3 Å². The Labute approximate surface area is 63.8 Å². The van der Waals surface area contributed by atoms with E-state index in [4.69, 9.17) is 0 Å². The van der Waals surface area contributed by atoms with Gasteiger partial charge in [0.05, 0.1) is 0 Å². The Hall–Kier alpha value is -0.560. The first-order chi connectivity index (χ1) is 4.86. The van der Waals surface area contributed by atoms with Gasteiger partial charge in [-0.05, 0) is 0 Å². The lowest BCUT2D eigenvalue weighted by atomic mass is 10.7. The molecule has 66 valence electrons. The molecule has 0 aliphatic rings. The van der Waals surface area contributed by atoms with E-state index in [2.05, 4.69) is 4.74 Å². The average Bonchev–Trinajstić information content (AvgIpc) is 1.84.